The van der Waals surface area contributed by atoms with Crippen molar-refractivity contribution < 1.29 is 4.57 Å². The van der Waals surface area contributed by atoms with E-state index in [9.17, 15) is 4.57 Å². The first-order valence-electron chi connectivity index (χ1n) is 8.37. The van der Waals surface area contributed by atoms with Crippen molar-refractivity contribution in [1.29, 1.82) is 0 Å². The van der Waals surface area contributed by atoms with E-state index in [0.29, 0.717) is 0 Å². The first-order valence-corrected chi connectivity index (χ1v) is 9.98. The predicted octanol–water partition coefficient (Wildman–Crippen LogP) is 4.74. The summed E-state index contributed by atoms with van der Waals surface area (Å²) >= 11 is 0. The Bertz CT molecular complexity index is 457. The van der Waals surface area contributed by atoms with Crippen molar-refractivity contribution in [3.8, 4) is 0 Å². The van der Waals surface area contributed by atoms with Crippen LogP contribution in [0.25, 0.3) is 0 Å². The fourth-order valence-corrected chi connectivity index (χ4v) is 7.29. The van der Waals surface area contributed by atoms with Crippen LogP contribution in [0, 0.1) is 0 Å². The summed E-state index contributed by atoms with van der Waals surface area (Å²) in [7, 11) is -2.85. The van der Waals surface area contributed by atoms with Crippen molar-refractivity contribution in [3.05, 3.63) is 30.3 Å². The van der Waals surface area contributed by atoms with Crippen LogP contribution in [0.3, 0.4) is 0 Å². The lowest BCUT2D eigenvalue weighted by molar-refractivity contribution is 0.231. The molecule has 4 heteroatoms. The van der Waals surface area contributed by atoms with Crippen molar-refractivity contribution in [2.45, 2.75) is 79.6 Å². The second-order valence-corrected chi connectivity index (χ2v) is 9.54. The molecule has 1 rings (SSSR count). The second kappa shape index (κ2) is 7.77. The molecule has 0 saturated heterocycles. The van der Waals surface area contributed by atoms with E-state index >= 15 is 0 Å². The highest BCUT2D eigenvalue weighted by molar-refractivity contribution is 7.67. The van der Waals surface area contributed by atoms with Gasteiger partial charge in [-0.1, -0.05) is 18.2 Å². The zero-order chi connectivity index (χ0) is 17.1. The van der Waals surface area contributed by atoms with E-state index in [0.717, 1.165) is 5.30 Å². The lowest BCUT2D eigenvalue weighted by Gasteiger charge is -2.47. The Morgan fingerprint density at radius 3 is 1.27 bits per heavy atom. The molecule has 0 bridgehead atoms. The maximum Gasteiger partial charge on any atom is 0.246 e. The fourth-order valence-electron chi connectivity index (χ4n) is 3.45. The molecule has 0 atom stereocenters. The molecule has 0 aromatic heterocycles. The van der Waals surface area contributed by atoms with E-state index in [1.165, 1.54) is 0 Å². The van der Waals surface area contributed by atoms with Gasteiger partial charge in [0.15, 0.2) is 0 Å². The van der Waals surface area contributed by atoms with E-state index < -0.39 is 7.44 Å². The number of rotatable bonds is 7. The average molecular weight is 324 g/mol. The lowest BCUT2D eigenvalue weighted by atomic mass is 10.3. The molecule has 22 heavy (non-hydrogen) atoms. The average Bonchev–Trinajstić information content (AvgIpc) is 2.37. The molecule has 1 aromatic carbocycles. The van der Waals surface area contributed by atoms with Gasteiger partial charge < -0.3 is 0 Å². The summed E-state index contributed by atoms with van der Waals surface area (Å²) in [6, 6.07) is 10.8. The third-order valence-corrected chi connectivity index (χ3v) is 7.91. The summed E-state index contributed by atoms with van der Waals surface area (Å²) in [4.78, 5) is 0. The van der Waals surface area contributed by atoms with E-state index in [1.54, 1.807) is 0 Å². The highest BCUT2D eigenvalue weighted by Gasteiger charge is 2.43. The molecule has 0 fully saturated rings. The molecule has 0 radical (unpaired) electrons. The Balaban J connectivity index is 3.60. The molecular weight excluding hydrogens is 291 g/mol. The maximum atomic E-state index is 14.4. The van der Waals surface area contributed by atoms with Gasteiger partial charge in [0.2, 0.25) is 7.44 Å². The zero-order valence-electron chi connectivity index (χ0n) is 15.4. The Morgan fingerprint density at radius 2 is 1.00 bits per heavy atom. The largest absolute Gasteiger partial charge is 0.283 e. The molecule has 0 spiro atoms. The first kappa shape index (κ1) is 19.4. The molecule has 126 valence electrons. The lowest BCUT2D eigenvalue weighted by Crippen LogP contribution is -2.48. The standard InChI is InChI=1S/C18H33N2OP/c1-14(2)19(15(3)4)22(21,18-12-10-9-11-13-18)20(16(5)6)17(7)8/h9-17H,1-8H3. The Labute approximate surface area is 137 Å². The third-order valence-electron chi connectivity index (χ3n) is 3.83. The van der Waals surface area contributed by atoms with Crippen LogP contribution in [-0.2, 0) is 4.57 Å². The Kier molecular flexibility index (Phi) is 6.85. The van der Waals surface area contributed by atoms with Crippen molar-refractivity contribution in [3.63, 3.8) is 0 Å². The third kappa shape index (κ3) is 3.82. The monoisotopic (exact) mass is 324 g/mol. The quantitative estimate of drug-likeness (QED) is 0.677. The minimum absolute atomic E-state index is 0.214. The summed E-state index contributed by atoms with van der Waals surface area (Å²) < 4.78 is 18.8. The molecule has 0 amide bonds. The van der Waals surface area contributed by atoms with Gasteiger partial charge in [-0.2, -0.15) is 0 Å². The second-order valence-electron chi connectivity index (χ2n) is 7.01. The molecule has 1 aromatic rings. The summed E-state index contributed by atoms with van der Waals surface area (Å²) in [5.74, 6) is 0. The first-order chi connectivity index (χ1) is 10.1. The molecular formula is C18H33N2OP. The Hall–Kier alpha value is -0.630. The molecule has 0 N–H and O–H groups in total. The van der Waals surface area contributed by atoms with E-state index in [2.05, 4.69) is 64.7 Å². The van der Waals surface area contributed by atoms with Crippen LogP contribution in [0.4, 0.5) is 0 Å². The zero-order valence-corrected chi connectivity index (χ0v) is 16.3. The maximum absolute atomic E-state index is 14.4. The fraction of sp³-hybridized carbons (Fsp3) is 0.667. The predicted molar refractivity (Wildman–Crippen MR) is 97.9 cm³/mol. The SMILES string of the molecule is CC(C)N(C(C)C)P(=O)(c1ccccc1)N(C(C)C)C(C)C. The van der Waals surface area contributed by atoms with E-state index in [4.69, 9.17) is 0 Å². The van der Waals surface area contributed by atoms with Gasteiger partial charge in [0.25, 0.3) is 0 Å². The number of benzene rings is 1. The van der Waals surface area contributed by atoms with Gasteiger partial charge in [0.05, 0.1) is 0 Å². The van der Waals surface area contributed by atoms with Crippen LogP contribution in [0.15, 0.2) is 30.3 Å². The minimum Gasteiger partial charge on any atom is -0.283 e. The van der Waals surface area contributed by atoms with Gasteiger partial charge in [0, 0.05) is 29.5 Å². The highest BCUT2D eigenvalue weighted by Crippen LogP contribution is 2.56. The summed E-state index contributed by atoms with van der Waals surface area (Å²) in [6.45, 7) is 17.1. The van der Waals surface area contributed by atoms with Crippen LogP contribution in [0.1, 0.15) is 55.4 Å². The Morgan fingerprint density at radius 1 is 0.682 bits per heavy atom. The summed E-state index contributed by atoms with van der Waals surface area (Å²) in [6.07, 6.45) is 0. The molecule has 0 aliphatic rings. The molecule has 0 unspecified atom stereocenters. The molecule has 0 aliphatic heterocycles. The summed E-state index contributed by atoms with van der Waals surface area (Å²) in [5, 5.41) is 0.930. The number of hydrogen-bond acceptors (Lipinski definition) is 1. The van der Waals surface area contributed by atoms with Crippen LogP contribution in [0.2, 0.25) is 0 Å². The van der Waals surface area contributed by atoms with Crippen LogP contribution in [-0.4, -0.2) is 33.5 Å². The highest BCUT2D eigenvalue weighted by atomic mass is 31.2. The smallest absolute Gasteiger partial charge is 0.246 e. The molecule has 3 nitrogen and oxygen atoms in total. The van der Waals surface area contributed by atoms with Gasteiger partial charge in [-0.3, -0.25) is 4.57 Å². The van der Waals surface area contributed by atoms with Gasteiger partial charge >= 0.3 is 0 Å². The van der Waals surface area contributed by atoms with Gasteiger partial charge in [-0.15, -0.1) is 0 Å². The molecule has 0 heterocycles. The number of nitrogens with zero attached hydrogens (tertiary/aromatic N) is 2. The molecule has 0 aliphatic carbocycles. The summed E-state index contributed by atoms with van der Waals surface area (Å²) in [5.41, 5.74) is 0. The van der Waals surface area contributed by atoms with E-state index in [-0.39, 0.29) is 24.2 Å². The van der Waals surface area contributed by atoms with Crippen molar-refractivity contribution >= 4 is 12.7 Å². The van der Waals surface area contributed by atoms with Gasteiger partial charge in [-0.25, -0.2) is 9.34 Å². The topological polar surface area (TPSA) is 23.6 Å². The minimum atomic E-state index is -2.85. The van der Waals surface area contributed by atoms with Crippen molar-refractivity contribution in [2.24, 2.45) is 0 Å². The van der Waals surface area contributed by atoms with Gasteiger partial charge in [0.1, 0.15) is 0 Å². The van der Waals surface area contributed by atoms with Crippen molar-refractivity contribution in [1.82, 2.24) is 9.34 Å². The molecule has 0 saturated carbocycles. The van der Waals surface area contributed by atoms with Crippen LogP contribution in [0.5, 0.6) is 0 Å². The van der Waals surface area contributed by atoms with Crippen molar-refractivity contribution in [2.75, 3.05) is 0 Å². The number of hydrogen-bond donors (Lipinski definition) is 0. The normalized spacial score (nSPS) is 13.4. The van der Waals surface area contributed by atoms with Crippen LogP contribution < -0.4 is 5.30 Å². The van der Waals surface area contributed by atoms with E-state index in [1.807, 2.05) is 30.3 Å². The van der Waals surface area contributed by atoms with Gasteiger partial charge in [-0.05, 0) is 67.5 Å². The van der Waals surface area contributed by atoms with Crippen LogP contribution >= 0.6 is 7.44 Å².